The Hall–Kier alpha value is -2.81. The highest BCUT2D eigenvalue weighted by Crippen LogP contribution is 2.24. The van der Waals surface area contributed by atoms with E-state index in [9.17, 15) is 9.59 Å². The van der Waals surface area contributed by atoms with Crippen LogP contribution in [0.15, 0.2) is 34.3 Å². The number of hydrogen-bond acceptors (Lipinski definition) is 7. The van der Waals surface area contributed by atoms with Crippen LogP contribution in [0.4, 0.5) is 0 Å². The number of hydrogen-bond donors (Lipinski definition) is 1. The molecule has 142 valence electrons. The largest absolute Gasteiger partial charge is 0.467 e. The van der Waals surface area contributed by atoms with Crippen LogP contribution in [0.2, 0.25) is 0 Å². The van der Waals surface area contributed by atoms with Gasteiger partial charge >= 0.3 is 5.97 Å². The van der Waals surface area contributed by atoms with E-state index in [1.165, 1.54) is 11.8 Å². The number of nitrogens with one attached hydrogen (secondary N) is 1. The minimum atomic E-state index is -0.492. The zero-order valence-corrected chi connectivity index (χ0v) is 16.1. The van der Waals surface area contributed by atoms with Crippen molar-refractivity contribution in [2.45, 2.75) is 32.5 Å². The molecule has 3 aromatic heterocycles. The number of nitrogens with zero attached hydrogens (tertiary/aromatic N) is 3. The van der Waals surface area contributed by atoms with Crippen molar-refractivity contribution in [1.82, 2.24) is 19.7 Å². The van der Waals surface area contributed by atoms with Crippen LogP contribution in [-0.2, 0) is 11.3 Å². The molecule has 27 heavy (non-hydrogen) atoms. The first-order valence-corrected chi connectivity index (χ1v) is 9.42. The van der Waals surface area contributed by atoms with E-state index >= 15 is 0 Å². The molecule has 9 heteroatoms. The summed E-state index contributed by atoms with van der Waals surface area (Å²) < 4.78 is 12.2. The van der Waals surface area contributed by atoms with Crippen LogP contribution in [0.5, 0.6) is 0 Å². The van der Waals surface area contributed by atoms with Gasteiger partial charge in [-0.05, 0) is 32.9 Å². The molecule has 3 aromatic rings. The Morgan fingerprint density at radius 2 is 2.07 bits per heavy atom. The second-order valence-electron chi connectivity index (χ2n) is 5.88. The molecule has 0 fully saturated rings. The Bertz CT molecular complexity index is 943. The van der Waals surface area contributed by atoms with Gasteiger partial charge in [0.25, 0.3) is 0 Å². The number of aromatic nitrogens is 4. The van der Waals surface area contributed by atoms with Crippen molar-refractivity contribution in [2.75, 3.05) is 12.4 Å². The van der Waals surface area contributed by atoms with Gasteiger partial charge in [-0.1, -0.05) is 11.8 Å². The first-order valence-electron chi connectivity index (χ1n) is 8.43. The summed E-state index contributed by atoms with van der Waals surface area (Å²) in [5.41, 5.74) is 1.95. The van der Waals surface area contributed by atoms with E-state index in [2.05, 4.69) is 15.2 Å². The van der Waals surface area contributed by atoms with Crippen LogP contribution in [0.25, 0.3) is 0 Å². The minimum Gasteiger partial charge on any atom is -0.467 e. The quantitative estimate of drug-likeness (QED) is 0.359. The lowest BCUT2D eigenvalue weighted by Gasteiger charge is -2.06. The highest BCUT2D eigenvalue weighted by molar-refractivity contribution is 7.99. The molecule has 3 rings (SSSR count). The topological polar surface area (TPSA) is 103 Å². The second kappa shape index (κ2) is 8.26. The third-order valence-corrected chi connectivity index (χ3v) is 4.93. The molecule has 0 unspecified atom stereocenters. The maximum absolute atomic E-state index is 12.8. The zero-order chi connectivity index (χ0) is 19.4. The molecule has 3 heterocycles. The molecule has 8 nitrogen and oxygen atoms in total. The SMILES string of the molecule is CCOC(=O)c1c(C)[nH]c(C)c1C(=O)CSc1nncn1Cc1ccco1. The fourth-order valence-electron chi connectivity index (χ4n) is 2.83. The Balaban J connectivity index is 1.74. The van der Waals surface area contributed by atoms with E-state index in [4.69, 9.17) is 9.15 Å². The molecule has 0 radical (unpaired) electrons. The van der Waals surface area contributed by atoms with Crippen LogP contribution in [0, 0.1) is 13.8 Å². The average molecular weight is 388 g/mol. The molecule has 0 spiro atoms. The lowest BCUT2D eigenvalue weighted by Crippen LogP contribution is -2.13. The Labute approximate surface area is 160 Å². The van der Waals surface area contributed by atoms with Gasteiger partial charge in [-0.3, -0.25) is 4.79 Å². The van der Waals surface area contributed by atoms with Crippen LogP contribution in [-0.4, -0.2) is 43.9 Å². The number of H-pyrrole nitrogens is 1. The maximum Gasteiger partial charge on any atom is 0.340 e. The van der Waals surface area contributed by atoms with E-state index < -0.39 is 5.97 Å². The monoisotopic (exact) mass is 388 g/mol. The average Bonchev–Trinajstić information content (AvgIpc) is 3.34. The number of rotatable bonds is 8. The lowest BCUT2D eigenvalue weighted by molar-refractivity contribution is 0.0522. The van der Waals surface area contributed by atoms with E-state index in [1.54, 1.807) is 37.9 Å². The van der Waals surface area contributed by atoms with Gasteiger partial charge in [0.15, 0.2) is 10.9 Å². The third-order valence-electron chi connectivity index (χ3n) is 3.95. The Morgan fingerprint density at radius 1 is 1.30 bits per heavy atom. The third kappa shape index (κ3) is 4.13. The normalized spacial score (nSPS) is 10.9. The van der Waals surface area contributed by atoms with Crippen molar-refractivity contribution >= 4 is 23.5 Å². The van der Waals surface area contributed by atoms with Crippen molar-refractivity contribution in [1.29, 1.82) is 0 Å². The zero-order valence-electron chi connectivity index (χ0n) is 15.3. The van der Waals surface area contributed by atoms with Gasteiger partial charge in [-0.15, -0.1) is 10.2 Å². The number of esters is 1. The Kier molecular flexibility index (Phi) is 5.80. The molecule has 0 saturated carbocycles. The molecule has 0 atom stereocenters. The van der Waals surface area contributed by atoms with Gasteiger partial charge in [0.2, 0.25) is 0 Å². The number of Topliss-reactive ketones (excluding diaryl/α,β-unsaturated/α-hetero) is 1. The number of carbonyl (C=O) groups excluding carboxylic acids is 2. The number of furan rings is 1. The summed E-state index contributed by atoms with van der Waals surface area (Å²) in [6.45, 7) is 5.99. The fraction of sp³-hybridized carbons (Fsp3) is 0.333. The summed E-state index contributed by atoms with van der Waals surface area (Å²) in [6.07, 6.45) is 3.19. The summed E-state index contributed by atoms with van der Waals surface area (Å²) in [4.78, 5) is 28.1. The number of aromatic amines is 1. The van der Waals surface area contributed by atoms with Crippen LogP contribution >= 0.6 is 11.8 Å². The number of ketones is 1. The highest BCUT2D eigenvalue weighted by atomic mass is 32.2. The van der Waals surface area contributed by atoms with E-state index in [-0.39, 0.29) is 18.1 Å². The van der Waals surface area contributed by atoms with Crippen LogP contribution < -0.4 is 0 Å². The second-order valence-corrected chi connectivity index (χ2v) is 6.82. The molecule has 1 N–H and O–H groups in total. The number of thioether (sulfide) groups is 1. The summed E-state index contributed by atoms with van der Waals surface area (Å²) in [5.74, 6) is 0.234. The van der Waals surface area contributed by atoms with E-state index in [0.29, 0.717) is 34.2 Å². The number of ether oxygens (including phenoxy) is 1. The van der Waals surface area contributed by atoms with Crippen LogP contribution in [0.3, 0.4) is 0 Å². The van der Waals surface area contributed by atoms with Gasteiger partial charge in [-0.2, -0.15) is 0 Å². The number of aryl methyl sites for hydroxylation is 2. The van der Waals surface area contributed by atoms with Crippen molar-refractivity contribution in [3.8, 4) is 0 Å². The van der Waals surface area contributed by atoms with Gasteiger partial charge < -0.3 is 18.7 Å². The maximum atomic E-state index is 12.8. The molecule has 0 aliphatic rings. The summed E-state index contributed by atoms with van der Waals surface area (Å²) >= 11 is 1.26. The summed E-state index contributed by atoms with van der Waals surface area (Å²) in [7, 11) is 0. The smallest absolute Gasteiger partial charge is 0.340 e. The lowest BCUT2D eigenvalue weighted by atomic mass is 10.1. The molecule has 0 amide bonds. The van der Waals surface area contributed by atoms with E-state index in [0.717, 1.165) is 5.76 Å². The first kappa shape index (κ1) is 19.0. The van der Waals surface area contributed by atoms with Crippen molar-refractivity contribution < 1.29 is 18.7 Å². The predicted molar refractivity (Wildman–Crippen MR) is 99.1 cm³/mol. The molecule has 0 bridgehead atoms. The highest BCUT2D eigenvalue weighted by Gasteiger charge is 2.25. The first-order chi connectivity index (χ1) is 13.0. The van der Waals surface area contributed by atoms with Crippen molar-refractivity contribution in [3.05, 3.63) is 53.0 Å². The molecule has 0 aliphatic heterocycles. The minimum absolute atomic E-state index is 0.126. The van der Waals surface area contributed by atoms with Crippen molar-refractivity contribution in [2.24, 2.45) is 0 Å². The summed E-state index contributed by atoms with van der Waals surface area (Å²) in [6, 6.07) is 3.67. The van der Waals surface area contributed by atoms with Crippen molar-refractivity contribution in [3.63, 3.8) is 0 Å². The summed E-state index contributed by atoms with van der Waals surface area (Å²) in [5, 5.41) is 8.56. The molecular weight excluding hydrogens is 368 g/mol. The fourth-order valence-corrected chi connectivity index (χ4v) is 3.61. The van der Waals surface area contributed by atoms with Gasteiger partial charge in [0.1, 0.15) is 12.1 Å². The van der Waals surface area contributed by atoms with E-state index in [1.807, 2.05) is 12.1 Å². The molecule has 0 saturated heterocycles. The molecular formula is C18H20N4O4S. The van der Waals surface area contributed by atoms with Gasteiger partial charge in [0.05, 0.1) is 36.3 Å². The standard InChI is InChI=1S/C18H20N4O4S/c1-4-25-17(24)16-12(3)20-11(2)15(16)14(23)9-27-18-21-19-10-22(18)8-13-6-5-7-26-13/h5-7,10,20H,4,8-9H2,1-3H3. The predicted octanol–water partition coefficient (Wildman–Crippen LogP) is 3.02. The van der Waals surface area contributed by atoms with Gasteiger partial charge in [-0.25, -0.2) is 4.79 Å². The number of carbonyl (C=O) groups is 2. The van der Waals surface area contributed by atoms with Crippen LogP contribution in [0.1, 0.15) is 44.8 Å². The van der Waals surface area contributed by atoms with Gasteiger partial charge in [0, 0.05) is 11.4 Å². The molecule has 0 aromatic carbocycles. The Morgan fingerprint density at radius 3 is 2.78 bits per heavy atom. The molecule has 0 aliphatic carbocycles.